The first kappa shape index (κ1) is 10.6. The third-order valence-corrected chi connectivity index (χ3v) is 3.46. The average Bonchev–Trinajstić information content (AvgIpc) is 2.71. The zero-order chi connectivity index (χ0) is 11.0. The van der Waals surface area contributed by atoms with Crippen molar-refractivity contribution in [2.45, 2.75) is 51.7 Å². The molecule has 1 amide bonds. The van der Waals surface area contributed by atoms with Crippen molar-refractivity contribution in [2.24, 2.45) is 11.0 Å². The van der Waals surface area contributed by atoms with E-state index in [9.17, 15) is 9.90 Å². The highest BCUT2D eigenvalue weighted by Gasteiger charge is 2.40. The van der Waals surface area contributed by atoms with Gasteiger partial charge in [0.1, 0.15) is 0 Å². The van der Waals surface area contributed by atoms with Gasteiger partial charge in [-0.2, -0.15) is 5.10 Å². The van der Waals surface area contributed by atoms with Crippen molar-refractivity contribution in [3.8, 4) is 0 Å². The molecule has 0 radical (unpaired) electrons. The van der Waals surface area contributed by atoms with E-state index in [2.05, 4.69) is 5.10 Å². The maximum atomic E-state index is 12.0. The van der Waals surface area contributed by atoms with Crippen LogP contribution in [0.5, 0.6) is 0 Å². The van der Waals surface area contributed by atoms with Gasteiger partial charge in [0.15, 0.2) is 0 Å². The minimum Gasteiger partial charge on any atom is -0.391 e. The Bertz CT molecular complexity index is 301. The minimum absolute atomic E-state index is 0.0576. The van der Waals surface area contributed by atoms with Gasteiger partial charge in [-0.3, -0.25) is 4.79 Å². The molecule has 1 aliphatic heterocycles. The van der Waals surface area contributed by atoms with Crippen LogP contribution in [0.4, 0.5) is 0 Å². The monoisotopic (exact) mass is 210 g/mol. The lowest BCUT2D eigenvalue weighted by Gasteiger charge is -2.23. The molecule has 1 aliphatic carbocycles. The molecule has 3 atom stereocenters. The Morgan fingerprint density at radius 1 is 1.53 bits per heavy atom. The minimum atomic E-state index is -0.388. The number of rotatable bonds is 2. The molecule has 4 nitrogen and oxygen atoms in total. The summed E-state index contributed by atoms with van der Waals surface area (Å²) in [4.78, 5) is 12.0. The van der Waals surface area contributed by atoms with Crippen LogP contribution in [0.2, 0.25) is 0 Å². The fraction of sp³-hybridized carbons (Fsp3) is 0.818. The summed E-state index contributed by atoms with van der Waals surface area (Å²) in [6.45, 7) is 3.89. The molecule has 1 N–H and O–H groups in total. The fourth-order valence-corrected chi connectivity index (χ4v) is 2.54. The molecule has 0 bridgehead atoms. The van der Waals surface area contributed by atoms with Gasteiger partial charge in [-0.05, 0) is 32.6 Å². The number of amides is 1. The van der Waals surface area contributed by atoms with Crippen molar-refractivity contribution in [1.82, 2.24) is 5.01 Å². The lowest BCUT2D eigenvalue weighted by molar-refractivity contribution is -0.135. The molecule has 0 aromatic rings. The molecule has 0 aromatic carbocycles. The predicted octanol–water partition coefficient (Wildman–Crippen LogP) is 1.14. The van der Waals surface area contributed by atoms with Gasteiger partial charge >= 0.3 is 0 Å². The molecule has 1 saturated carbocycles. The van der Waals surface area contributed by atoms with E-state index in [4.69, 9.17) is 0 Å². The molecule has 0 aromatic heterocycles. The maximum absolute atomic E-state index is 12.0. The second-order valence-electron chi connectivity index (χ2n) is 4.45. The smallest absolute Gasteiger partial charge is 0.251 e. The first-order valence-electron chi connectivity index (χ1n) is 5.71. The van der Waals surface area contributed by atoms with E-state index in [1.54, 1.807) is 0 Å². The quantitative estimate of drug-likeness (QED) is 0.743. The van der Waals surface area contributed by atoms with Gasteiger partial charge in [0, 0.05) is 5.71 Å². The van der Waals surface area contributed by atoms with E-state index in [0.717, 1.165) is 31.4 Å². The van der Waals surface area contributed by atoms with E-state index in [0.29, 0.717) is 0 Å². The largest absolute Gasteiger partial charge is 0.391 e. The number of nitrogens with zero attached hydrogens (tertiary/aromatic N) is 2. The molecule has 0 saturated heterocycles. The van der Waals surface area contributed by atoms with Gasteiger partial charge in [0.05, 0.1) is 18.1 Å². The van der Waals surface area contributed by atoms with Gasteiger partial charge in [-0.15, -0.1) is 0 Å². The first-order chi connectivity index (χ1) is 7.15. The number of carbonyl (C=O) groups excluding carboxylic acids is 1. The number of carbonyl (C=O) groups is 1. The Morgan fingerprint density at radius 3 is 2.73 bits per heavy atom. The summed E-state index contributed by atoms with van der Waals surface area (Å²) >= 11 is 0. The van der Waals surface area contributed by atoms with Crippen molar-refractivity contribution in [1.29, 1.82) is 0 Å². The van der Waals surface area contributed by atoms with Crippen LogP contribution in [-0.2, 0) is 4.79 Å². The molecule has 0 spiro atoms. The van der Waals surface area contributed by atoms with E-state index >= 15 is 0 Å². The molecule has 2 aliphatic rings. The van der Waals surface area contributed by atoms with Crippen LogP contribution in [0.15, 0.2) is 5.10 Å². The van der Waals surface area contributed by atoms with Crippen LogP contribution in [0.3, 0.4) is 0 Å². The number of aliphatic hydroxyl groups is 1. The Labute approximate surface area is 90.0 Å². The highest BCUT2D eigenvalue weighted by Crippen LogP contribution is 2.29. The number of aliphatic hydroxyl groups excluding tert-OH is 1. The van der Waals surface area contributed by atoms with Crippen LogP contribution >= 0.6 is 0 Å². The Balaban J connectivity index is 2.15. The average molecular weight is 210 g/mol. The Kier molecular flexibility index (Phi) is 2.78. The standard InChI is InChI=1S/C11H18N2O2/c1-3-8-7(2)12-13(11(8)15)9-5-4-6-10(9)14/h8-10,14H,3-6H2,1-2H3. The van der Waals surface area contributed by atoms with Crippen LogP contribution < -0.4 is 0 Å². The number of hydrogen-bond donors (Lipinski definition) is 1. The summed E-state index contributed by atoms with van der Waals surface area (Å²) in [7, 11) is 0. The van der Waals surface area contributed by atoms with Crippen molar-refractivity contribution in [3.05, 3.63) is 0 Å². The molecular weight excluding hydrogens is 192 g/mol. The summed E-state index contributed by atoms with van der Waals surface area (Å²) in [6, 6.07) is -0.0796. The molecular formula is C11H18N2O2. The Morgan fingerprint density at radius 2 is 2.27 bits per heavy atom. The van der Waals surface area contributed by atoms with Crippen LogP contribution in [0, 0.1) is 5.92 Å². The number of hydrazone groups is 1. The van der Waals surface area contributed by atoms with Crippen molar-refractivity contribution >= 4 is 11.6 Å². The zero-order valence-electron chi connectivity index (χ0n) is 9.31. The molecule has 84 valence electrons. The molecule has 4 heteroatoms. The molecule has 1 heterocycles. The summed E-state index contributed by atoms with van der Waals surface area (Å²) in [5, 5.41) is 15.6. The van der Waals surface area contributed by atoms with Gasteiger partial charge in [0.25, 0.3) is 5.91 Å². The summed E-state index contributed by atoms with van der Waals surface area (Å²) in [5.41, 5.74) is 0.890. The van der Waals surface area contributed by atoms with E-state index in [1.807, 2.05) is 13.8 Å². The van der Waals surface area contributed by atoms with Crippen molar-refractivity contribution < 1.29 is 9.90 Å². The lowest BCUT2D eigenvalue weighted by atomic mass is 10.0. The van der Waals surface area contributed by atoms with Crippen molar-refractivity contribution in [3.63, 3.8) is 0 Å². The SMILES string of the molecule is CCC1C(=O)N(C2CCCC2O)N=C1C. The molecule has 3 unspecified atom stereocenters. The topological polar surface area (TPSA) is 52.9 Å². The van der Waals surface area contributed by atoms with Gasteiger partial charge in [0.2, 0.25) is 0 Å². The summed E-state index contributed by atoms with van der Waals surface area (Å²) in [6.07, 6.45) is 3.06. The lowest BCUT2D eigenvalue weighted by Crippen LogP contribution is -2.40. The summed E-state index contributed by atoms with van der Waals surface area (Å²) < 4.78 is 0. The van der Waals surface area contributed by atoms with Crippen molar-refractivity contribution in [2.75, 3.05) is 0 Å². The Hall–Kier alpha value is -0.900. The van der Waals surface area contributed by atoms with E-state index < -0.39 is 0 Å². The molecule has 1 fully saturated rings. The third kappa shape index (κ3) is 1.67. The highest BCUT2D eigenvalue weighted by molar-refractivity contribution is 6.06. The fourth-order valence-electron chi connectivity index (χ4n) is 2.54. The van der Waals surface area contributed by atoms with Crippen LogP contribution in [0.25, 0.3) is 0 Å². The van der Waals surface area contributed by atoms with E-state index in [-0.39, 0.29) is 24.0 Å². The third-order valence-electron chi connectivity index (χ3n) is 3.46. The first-order valence-corrected chi connectivity index (χ1v) is 5.71. The van der Waals surface area contributed by atoms with Crippen LogP contribution in [0.1, 0.15) is 39.5 Å². The number of hydrogen-bond acceptors (Lipinski definition) is 3. The maximum Gasteiger partial charge on any atom is 0.251 e. The van der Waals surface area contributed by atoms with Gasteiger partial charge in [-0.1, -0.05) is 6.92 Å². The zero-order valence-corrected chi connectivity index (χ0v) is 9.31. The van der Waals surface area contributed by atoms with Crippen LogP contribution in [-0.4, -0.2) is 33.9 Å². The molecule has 15 heavy (non-hydrogen) atoms. The predicted molar refractivity (Wildman–Crippen MR) is 57.4 cm³/mol. The second kappa shape index (κ2) is 3.93. The second-order valence-corrected chi connectivity index (χ2v) is 4.45. The highest BCUT2D eigenvalue weighted by atomic mass is 16.3. The van der Waals surface area contributed by atoms with Gasteiger partial charge in [-0.25, -0.2) is 5.01 Å². The summed E-state index contributed by atoms with van der Waals surface area (Å²) in [5.74, 6) is 0.0127. The normalized spacial score (nSPS) is 36.2. The molecule has 2 rings (SSSR count). The van der Waals surface area contributed by atoms with E-state index in [1.165, 1.54) is 5.01 Å². The van der Waals surface area contributed by atoms with Gasteiger partial charge < -0.3 is 5.11 Å².